The first-order valence-corrected chi connectivity index (χ1v) is 24.8. The summed E-state index contributed by atoms with van der Waals surface area (Å²) in [6, 6.07) is 37.4. The minimum atomic E-state index is -1.07. The van der Waals surface area contributed by atoms with Crippen molar-refractivity contribution in [2.75, 3.05) is 0 Å². The van der Waals surface area contributed by atoms with Crippen LogP contribution < -0.4 is 0 Å². The molecule has 0 bridgehead atoms. The number of hydrogen-bond acceptors (Lipinski definition) is 0. The number of allylic oxidation sites excluding steroid dienone is 4. The molecule has 0 spiro atoms. The minimum absolute atomic E-state index is 0. The normalized spacial score (nSPS) is 14.3. The van der Waals surface area contributed by atoms with Crippen LogP contribution in [0.25, 0.3) is 11.1 Å². The molecule has 0 heterocycles. The molecule has 4 heteroatoms. The number of halogens is 2. The van der Waals surface area contributed by atoms with E-state index in [2.05, 4.69) is 206 Å². The molecule has 0 N–H and O–H groups in total. The third kappa shape index (κ3) is 16.6. The Labute approximate surface area is 373 Å². The molecule has 1 atom stereocenters. The van der Waals surface area contributed by atoms with Gasteiger partial charge < -0.3 is 0 Å². The van der Waals surface area contributed by atoms with Crippen molar-refractivity contribution in [1.82, 2.24) is 0 Å². The van der Waals surface area contributed by atoms with Gasteiger partial charge in [0, 0.05) is 0 Å². The second-order valence-electron chi connectivity index (χ2n) is 19.8. The van der Waals surface area contributed by atoms with Crippen LogP contribution in [0.1, 0.15) is 130 Å². The van der Waals surface area contributed by atoms with Crippen molar-refractivity contribution < 1.29 is 24.2 Å². The van der Waals surface area contributed by atoms with E-state index in [0.29, 0.717) is 5.92 Å². The van der Waals surface area contributed by atoms with E-state index < -0.39 is 8.07 Å². The zero-order valence-electron chi connectivity index (χ0n) is 37.9. The van der Waals surface area contributed by atoms with Crippen LogP contribution in [0, 0.1) is 30.2 Å². The van der Waals surface area contributed by atoms with Crippen LogP contribution >= 0.6 is 24.8 Å². The van der Waals surface area contributed by atoms with Crippen LogP contribution in [0.5, 0.6) is 0 Å². The standard InChI is InChI=1S/C21H25.C10H17Si.2C10H13.CH2.2ClH.Zr/c1-20(2,3)16-9-7-14-11-15-8-10-17(21(4,5)6)13-19(15)18(14)12-16;1-8-6-9(2)10(7-8)11(3,4)5;2*1-10(2,3)9-7-5-4-6-8-9;;;;/h7,9-10,12-13H,11H2,1-6H3;7-8H,1-5H3;2*5-8H,1-3H3;1H2;2*1H;/q4*-1;;;;. The Morgan fingerprint density at radius 2 is 1.02 bits per heavy atom. The molecular formula is C52H72Cl2SiZr-4. The molecule has 56 heavy (non-hydrogen) atoms. The zero-order chi connectivity index (χ0) is 41.3. The summed E-state index contributed by atoms with van der Waals surface area (Å²) in [6.07, 6.45) is 6.84. The van der Waals surface area contributed by atoms with Crippen LogP contribution in [0.4, 0.5) is 0 Å². The van der Waals surface area contributed by atoms with Gasteiger partial charge in [-0.3, -0.25) is 6.08 Å². The molecule has 2 aliphatic rings. The maximum atomic E-state index is 3.53. The van der Waals surface area contributed by atoms with Gasteiger partial charge in [-0.15, -0.1) is 30.4 Å². The van der Waals surface area contributed by atoms with E-state index in [1.807, 2.05) is 24.3 Å². The van der Waals surface area contributed by atoms with E-state index in [1.54, 1.807) is 5.20 Å². The first kappa shape index (κ1) is 53.9. The van der Waals surface area contributed by atoms with Crippen LogP contribution in [-0.4, -0.2) is 12.3 Å². The van der Waals surface area contributed by atoms with Gasteiger partial charge in [0.1, 0.15) is 0 Å². The van der Waals surface area contributed by atoms with Gasteiger partial charge in [-0.05, 0) is 36.3 Å². The number of hydrogen-bond donors (Lipinski definition) is 0. The van der Waals surface area contributed by atoms with Crippen LogP contribution in [0.2, 0.25) is 19.6 Å². The Hall–Kier alpha value is -2.09. The van der Waals surface area contributed by atoms with Gasteiger partial charge in [-0.2, -0.15) is 107 Å². The third-order valence-corrected chi connectivity index (χ3v) is 11.9. The molecule has 2 aliphatic carbocycles. The molecule has 0 aromatic heterocycles. The fourth-order valence-electron chi connectivity index (χ4n) is 6.41. The second-order valence-corrected chi connectivity index (χ2v) is 24.8. The summed E-state index contributed by atoms with van der Waals surface area (Å²) in [6.45, 7) is 38.5. The molecule has 0 nitrogen and oxygen atoms in total. The Kier molecular flexibility index (Phi) is 21.5. The summed E-state index contributed by atoms with van der Waals surface area (Å²) in [5.41, 5.74) is 13.4. The van der Waals surface area contributed by atoms with Crippen molar-refractivity contribution in [1.29, 1.82) is 0 Å². The van der Waals surface area contributed by atoms with Crippen molar-refractivity contribution in [2.24, 2.45) is 5.92 Å². The molecule has 0 saturated heterocycles. The van der Waals surface area contributed by atoms with Crippen molar-refractivity contribution in [2.45, 2.75) is 145 Å². The molecule has 0 amide bonds. The Morgan fingerprint density at radius 1 is 0.607 bits per heavy atom. The van der Waals surface area contributed by atoms with Gasteiger partial charge in [0.05, 0.1) is 0 Å². The molecule has 4 aromatic carbocycles. The summed E-state index contributed by atoms with van der Waals surface area (Å²) in [5, 5.41) is 1.60. The first-order valence-electron chi connectivity index (χ1n) is 19.6. The van der Waals surface area contributed by atoms with Crippen LogP contribution in [0.15, 0.2) is 95.7 Å². The Bertz CT molecular complexity index is 1730. The summed E-state index contributed by atoms with van der Waals surface area (Å²) in [5.74, 6) is 0.553. The van der Waals surface area contributed by atoms with Crippen molar-refractivity contribution in [3.05, 3.63) is 153 Å². The van der Waals surface area contributed by atoms with Gasteiger partial charge in [-0.1, -0.05) is 157 Å². The molecular weight excluding hydrogens is 815 g/mol. The van der Waals surface area contributed by atoms with Gasteiger partial charge >= 0.3 is 28.4 Å². The Morgan fingerprint density at radius 3 is 1.34 bits per heavy atom. The Balaban J connectivity index is 0.000000745. The summed E-state index contributed by atoms with van der Waals surface area (Å²) in [7, 11) is -1.07. The second kappa shape index (κ2) is 22.3. The fourth-order valence-corrected chi connectivity index (χ4v) is 8.35. The third-order valence-electron chi connectivity index (χ3n) is 9.77. The molecule has 4 aromatic rings. The average molecular weight is 887 g/mol. The van der Waals surface area contributed by atoms with Crippen molar-refractivity contribution in [3.63, 3.8) is 0 Å². The zero-order valence-corrected chi connectivity index (χ0v) is 43.0. The number of rotatable bonds is 1. The van der Waals surface area contributed by atoms with Gasteiger partial charge in [-0.25, -0.2) is 10.8 Å². The van der Waals surface area contributed by atoms with Crippen molar-refractivity contribution in [3.8, 4) is 11.1 Å². The monoisotopic (exact) mass is 884 g/mol. The summed E-state index contributed by atoms with van der Waals surface area (Å²) in [4.78, 5) is 0. The average Bonchev–Trinajstić information content (AvgIpc) is 3.63. The molecule has 0 aliphatic heterocycles. The van der Waals surface area contributed by atoms with Crippen LogP contribution in [0.3, 0.4) is 0 Å². The van der Waals surface area contributed by atoms with E-state index in [9.17, 15) is 0 Å². The van der Waals surface area contributed by atoms with Gasteiger partial charge in [0.15, 0.2) is 0 Å². The predicted molar refractivity (Wildman–Crippen MR) is 254 cm³/mol. The topological polar surface area (TPSA) is 0 Å². The van der Waals surface area contributed by atoms with E-state index in [1.165, 1.54) is 74.3 Å². The quantitative estimate of drug-likeness (QED) is 0.116. The number of fused-ring (bicyclic) bond motifs is 3. The van der Waals surface area contributed by atoms with Gasteiger partial charge in [0.25, 0.3) is 0 Å². The molecule has 306 valence electrons. The molecule has 0 radical (unpaired) electrons. The molecule has 0 fully saturated rings. The van der Waals surface area contributed by atoms with E-state index >= 15 is 0 Å². The van der Waals surface area contributed by atoms with Crippen LogP contribution in [-0.2, 0) is 52.3 Å². The van der Waals surface area contributed by atoms with Gasteiger partial charge in [0.2, 0.25) is 0 Å². The first-order chi connectivity index (χ1) is 24.8. The van der Waals surface area contributed by atoms with E-state index in [4.69, 9.17) is 0 Å². The maximum absolute atomic E-state index is 3.53. The predicted octanol–water partition coefficient (Wildman–Crippen LogP) is 15.2. The molecule has 1 unspecified atom stereocenters. The van der Waals surface area contributed by atoms with E-state index in [0.717, 1.165) is 6.42 Å². The summed E-state index contributed by atoms with van der Waals surface area (Å²) < 4.78 is 3.34. The van der Waals surface area contributed by atoms with E-state index in [-0.39, 0.29) is 46.5 Å². The number of benzene rings is 4. The molecule has 0 saturated carbocycles. The fraction of sp³-hybridized carbons (Fsp3) is 0.442. The SMILES string of the molecule is CC(C)(C)c1c[c-]c2c(c1)-c1cc(C(C)(C)C)ccc1C2.CC(C)(C)c1cc[c-]cc1.CC(C)(C)c1cc[c-]cc1.CC1=[C-]C(C)C=C1[Si](C)(C)C.Cl.Cl.[CH2]=[Zr]. The van der Waals surface area contributed by atoms with Crippen molar-refractivity contribution >= 4 is 37.1 Å². The molecule has 6 rings (SSSR count). The summed E-state index contributed by atoms with van der Waals surface area (Å²) >= 11 is 1.30.